The van der Waals surface area contributed by atoms with Crippen LogP contribution in [0.3, 0.4) is 0 Å². The van der Waals surface area contributed by atoms with Crippen molar-refractivity contribution in [2.75, 3.05) is 19.8 Å². The van der Waals surface area contributed by atoms with E-state index in [1.807, 2.05) is 19.1 Å². The molecule has 0 amide bonds. The van der Waals surface area contributed by atoms with Crippen molar-refractivity contribution < 1.29 is 14.0 Å². The summed E-state index contributed by atoms with van der Waals surface area (Å²) in [4.78, 5) is 4.42. The summed E-state index contributed by atoms with van der Waals surface area (Å²) < 4.78 is 16.0. The van der Waals surface area contributed by atoms with Crippen LogP contribution in [0, 0.1) is 0 Å². The maximum atomic E-state index is 6.16. The van der Waals surface area contributed by atoms with E-state index in [0.717, 1.165) is 18.6 Å². The molecule has 1 aliphatic rings. The Morgan fingerprint density at radius 1 is 1.45 bits per heavy atom. The zero-order valence-corrected chi connectivity index (χ0v) is 11.9. The molecule has 1 fully saturated rings. The zero-order valence-electron chi connectivity index (χ0n) is 11.1. The topological polar surface area (TPSA) is 57.4 Å². The van der Waals surface area contributed by atoms with Crippen LogP contribution in [-0.4, -0.2) is 30.0 Å². The maximum Gasteiger partial charge on any atom is 0.257 e. The van der Waals surface area contributed by atoms with Gasteiger partial charge in [0.15, 0.2) is 5.82 Å². The summed E-state index contributed by atoms with van der Waals surface area (Å²) in [5.41, 5.74) is 0.788. The first kappa shape index (κ1) is 13.4. The average molecular weight is 295 g/mol. The number of aromatic nitrogens is 2. The van der Waals surface area contributed by atoms with E-state index in [9.17, 15) is 0 Å². The largest absolute Gasteiger partial charge is 0.492 e. The predicted molar refractivity (Wildman–Crippen MR) is 74.1 cm³/mol. The van der Waals surface area contributed by atoms with Gasteiger partial charge in [0.2, 0.25) is 0 Å². The van der Waals surface area contributed by atoms with E-state index in [-0.39, 0.29) is 5.92 Å². The molecule has 0 saturated carbocycles. The number of hydrogen-bond donors (Lipinski definition) is 0. The van der Waals surface area contributed by atoms with Crippen LogP contribution in [0.5, 0.6) is 5.75 Å². The maximum absolute atomic E-state index is 6.16. The monoisotopic (exact) mass is 294 g/mol. The number of nitrogens with zero attached hydrogens (tertiary/aromatic N) is 2. The Labute approximate surface area is 121 Å². The Hall–Kier alpha value is -1.59. The predicted octanol–water partition coefficient (Wildman–Crippen LogP) is 3.29. The first-order valence-electron chi connectivity index (χ1n) is 6.62. The van der Waals surface area contributed by atoms with Crippen molar-refractivity contribution in [1.82, 2.24) is 10.1 Å². The minimum atomic E-state index is 0.227. The third-order valence-electron chi connectivity index (χ3n) is 3.22. The highest BCUT2D eigenvalue weighted by molar-refractivity contribution is 6.32. The number of rotatable bonds is 4. The van der Waals surface area contributed by atoms with E-state index >= 15 is 0 Å². The molecule has 106 valence electrons. The van der Waals surface area contributed by atoms with Gasteiger partial charge >= 0.3 is 0 Å². The van der Waals surface area contributed by atoms with Crippen LogP contribution in [0.4, 0.5) is 0 Å². The first-order valence-corrected chi connectivity index (χ1v) is 6.99. The van der Waals surface area contributed by atoms with Gasteiger partial charge in [0, 0.05) is 18.1 Å². The highest BCUT2D eigenvalue weighted by atomic mass is 35.5. The van der Waals surface area contributed by atoms with Crippen molar-refractivity contribution in [2.24, 2.45) is 0 Å². The molecule has 2 heterocycles. The van der Waals surface area contributed by atoms with Gasteiger partial charge in [-0.2, -0.15) is 4.98 Å². The van der Waals surface area contributed by atoms with Gasteiger partial charge in [0.25, 0.3) is 5.89 Å². The lowest BCUT2D eigenvalue weighted by Gasteiger charge is -2.05. The fraction of sp³-hybridized carbons (Fsp3) is 0.429. The quantitative estimate of drug-likeness (QED) is 0.866. The molecule has 5 nitrogen and oxygen atoms in total. The van der Waals surface area contributed by atoms with Gasteiger partial charge in [-0.1, -0.05) is 16.8 Å². The number of halogens is 1. The van der Waals surface area contributed by atoms with Gasteiger partial charge in [-0.3, -0.25) is 0 Å². The minimum absolute atomic E-state index is 0.227. The Balaban J connectivity index is 1.83. The third-order valence-corrected chi connectivity index (χ3v) is 3.51. The molecule has 0 radical (unpaired) electrons. The van der Waals surface area contributed by atoms with E-state index in [0.29, 0.717) is 35.7 Å². The summed E-state index contributed by atoms with van der Waals surface area (Å²) in [5.74, 6) is 2.05. The van der Waals surface area contributed by atoms with Gasteiger partial charge in [-0.05, 0) is 31.5 Å². The molecule has 0 unspecified atom stereocenters. The molecule has 0 N–H and O–H groups in total. The Bertz CT molecular complexity index is 594. The van der Waals surface area contributed by atoms with Gasteiger partial charge in [-0.25, -0.2) is 0 Å². The van der Waals surface area contributed by atoms with Gasteiger partial charge in [0.05, 0.1) is 18.2 Å². The summed E-state index contributed by atoms with van der Waals surface area (Å²) in [5, 5.41) is 4.56. The highest BCUT2D eigenvalue weighted by Gasteiger charge is 2.23. The molecule has 20 heavy (non-hydrogen) atoms. The van der Waals surface area contributed by atoms with Crippen molar-refractivity contribution in [3.63, 3.8) is 0 Å². The lowest BCUT2D eigenvalue weighted by molar-refractivity contribution is 0.192. The molecule has 3 rings (SSSR count). The minimum Gasteiger partial charge on any atom is -0.492 e. The Morgan fingerprint density at radius 3 is 3.05 bits per heavy atom. The van der Waals surface area contributed by atoms with E-state index < -0.39 is 0 Å². The Kier molecular flexibility index (Phi) is 3.89. The standard InChI is InChI=1S/C14H15ClN2O3/c1-2-19-12-4-3-9(7-11(12)15)14-16-13(17-20-14)10-5-6-18-8-10/h3-4,7,10H,2,5-6,8H2,1H3/t10-/m1/s1. The lowest BCUT2D eigenvalue weighted by atomic mass is 10.1. The molecule has 1 aromatic carbocycles. The third kappa shape index (κ3) is 2.64. The molecule has 1 atom stereocenters. The smallest absolute Gasteiger partial charge is 0.257 e. The number of hydrogen-bond acceptors (Lipinski definition) is 5. The SMILES string of the molecule is CCOc1ccc(-c2nc([C@@H]3CCOC3)no2)cc1Cl. The second-order valence-electron chi connectivity index (χ2n) is 4.60. The first-order chi connectivity index (χ1) is 9.78. The van der Waals surface area contributed by atoms with Gasteiger partial charge in [0.1, 0.15) is 5.75 Å². The molecule has 0 aliphatic carbocycles. The fourth-order valence-electron chi connectivity index (χ4n) is 2.16. The van der Waals surface area contributed by atoms with Crippen molar-refractivity contribution in [3.8, 4) is 17.2 Å². The summed E-state index contributed by atoms with van der Waals surface area (Å²) in [6.07, 6.45) is 0.934. The molecular weight excluding hydrogens is 280 g/mol. The fourth-order valence-corrected chi connectivity index (χ4v) is 2.40. The van der Waals surface area contributed by atoms with Crippen LogP contribution in [0.15, 0.2) is 22.7 Å². The van der Waals surface area contributed by atoms with E-state index in [2.05, 4.69) is 10.1 Å². The van der Waals surface area contributed by atoms with Crippen LogP contribution < -0.4 is 4.74 Å². The second-order valence-corrected chi connectivity index (χ2v) is 5.00. The molecule has 6 heteroatoms. The normalized spacial score (nSPS) is 18.4. The molecule has 0 bridgehead atoms. The molecule has 0 spiro atoms. The van der Waals surface area contributed by atoms with Crippen LogP contribution in [0.2, 0.25) is 5.02 Å². The summed E-state index contributed by atoms with van der Waals surface area (Å²) in [6.45, 7) is 3.90. The van der Waals surface area contributed by atoms with E-state index in [1.54, 1.807) is 6.07 Å². The molecule has 1 aromatic heterocycles. The second kappa shape index (κ2) is 5.81. The number of benzene rings is 1. The van der Waals surface area contributed by atoms with Crippen molar-refractivity contribution in [3.05, 3.63) is 29.0 Å². The van der Waals surface area contributed by atoms with Crippen molar-refractivity contribution in [2.45, 2.75) is 19.3 Å². The molecule has 2 aromatic rings. The molecule has 1 aliphatic heterocycles. The van der Waals surface area contributed by atoms with Crippen LogP contribution in [0.25, 0.3) is 11.5 Å². The van der Waals surface area contributed by atoms with Gasteiger partial charge < -0.3 is 14.0 Å². The molecule has 1 saturated heterocycles. The van der Waals surface area contributed by atoms with Crippen molar-refractivity contribution >= 4 is 11.6 Å². The Morgan fingerprint density at radius 2 is 2.35 bits per heavy atom. The molecular formula is C14H15ClN2O3. The zero-order chi connectivity index (χ0) is 13.9. The summed E-state index contributed by atoms with van der Waals surface area (Å²) in [7, 11) is 0. The van der Waals surface area contributed by atoms with E-state index in [4.69, 9.17) is 25.6 Å². The summed E-state index contributed by atoms with van der Waals surface area (Å²) in [6, 6.07) is 5.44. The summed E-state index contributed by atoms with van der Waals surface area (Å²) >= 11 is 6.16. The van der Waals surface area contributed by atoms with Gasteiger partial charge in [-0.15, -0.1) is 0 Å². The van der Waals surface area contributed by atoms with E-state index in [1.165, 1.54) is 0 Å². The van der Waals surface area contributed by atoms with Crippen molar-refractivity contribution in [1.29, 1.82) is 0 Å². The van der Waals surface area contributed by atoms with Crippen LogP contribution in [-0.2, 0) is 4.74 Å². The van der Waals surface area contributed by atoms with Crippen LogP contribution >= 0.6 is 11.6 Å². The average Bonchev–Trinajstić information content (AvgIpc) is 3.11. The highest BCUT2D eigenvalue weighted by Crippen LogP contribution is 2.31. The number of ether oxygens (including phenoxy) is 2. The lowest BCUT2D eigenvalue weighted by Crippen LogP contribution is -1.99. The van der Waals surface area contributed by atoms with Crippen LogP contribution in [0.1, 0.15) is 25.1 Å².